The molecule has 0 saturated heterocycles. The SMILES string of the molecule is CCc1cnc(-c2cc(C)c(=O)n(C)c2)nc1S(C)(=O)=O. The van der Waals surface area contributed by atoms with Crippen molar-refractivity contribution in [2.75, 3.05) is 6.26 Å². The van der Waals surface area contributed by atoms with Gasteiger partial charge in [-0.2, -0.15) is 0 Å². The van der Waals surface area contributed by atoms with Crippen molar-refractivity contribution in [3.8, 4) is 11.4 Å². The molecular weight excluding hydrogens is 290 g/mol. The highest BCUT2D eigenvalue weighted by molar-refractivity contribution is 7.90. The van der Waals surface area contributed by atoms with E-state index < -0.39 is 9.84 Å². The molecule has 0 atom stereocenters. The Balaban J connectivity index is 2.69. The smallest absolute Gasteiger partial charge is 0.253 e. The van der Waals surface area contributed by atoms with Gasteiger partial charge >= 0.3 is 0 Å². The fraction of sp³-hybridized carbons (Fsp3) is 0.357. The summed E-state index contributed by atoms with van der Waals surface area (Å²) in [4.78, 5) is 20.1. The number of hydrogen-bond acceptors (Lipinski definition) is 5. The van der Waals surface area contributed by atoms with E-state index in [2.05, 4.69) is 9.97 Å². The van der Waals surface area contributed by atoms with E-state index in [1.807, 2.05) is 6.92 Å². The van der Waals surface area contributed by atoms with Crippen LogP contribution in [0, 0.1) is 6.92 Å². The number of rotatable bonds is 3. The lowest BCUT2D eigenvalue weighted by Gasteiger charge is -2.09. The molecular formula is C14H17N3O3S. The summed E-state index contributed by atoms with van der Waals surface area (Å²) in [5, 5.41) is 0.0431. The summed E-state index contributed by atoms with van der Waals surface area (Å²) in [6.45, 7) is 3.55. The molecule has 2 rings (SSSR count). The van der Waals surface area contributed by atoms with Gasteiger partial charge in [-0.3, -0.25) is 4.79 Å². The van der Waals surface area contributed by atoms with Gasteiger partial charge in [0.25, 0.3) is 5.56 Å². The lowest BCUT2D eigenvalue weighted by Crippen LogP contribution is -2.18. The molecule has 0 aromatic carbocycles. The van der Waals surface area contributed by atoms with Crippen molar-refractivity contribution in [2.45, 2.75) is 25.3 Å². The molecule has 0 amide bonds. The van der Waals surface area contributed by atoms with E-state index in [1.165, 1.54) is 10.8 Å². The average molecular weight is 307 g/mol. The fourth-order valence-corrected chi connectivity index (χ4v) is 3.02. The number of aryl methyl sites for hydroxylation is 3. The monoisotopic (exact) mass is 307 g/mol. The largest absolute Gasteiger partial charge is 0.318 e. The van der Waals surface area contributed by atoms with Gasteiger partial charge in [0.15, 0.2) is 20.7 Å². The van der Waals surface area contributed by atoms with Crippen molar-refractivity contribution < 1.29 is 8.42 Å². The molecule has 0 unspecified atom stereocenters. The van der Waals surface area contributed by atoms with Gasteiger partial charge in [-0.05, 0) is 19.4 Å². The molecule has 6 nitrogen and oxygen atoms in total. The van der Waals surface area contributed by atoms with Crippen molar-refractivity contribution in [1.82, 2.24) is 14.5 Å². The second-order valence-corrected chi connectivity index (χ2v) is 6.91. The van der Waals surface area contributed by atoms with Gasteiger partial charge in [0, 0.05) is 42.4 Å². The van der Waals surface area contributed by atoms with Crippen LogP contribution >= 0.6 is 0 Å². The van der Waals surface area contributed by atoms with E-state index >= 15 is 0 Å². The zero-order chi connectivity index (χ0) is 15.8. The van der Waals surface area contributed by atoms with E-state index in [-0.39, 0.29) is 10.6 Å². The fourth-order valence-electron chi connectivity index (χ4n) is 2.09. The molecule has 0 aliphatic heterocycles. The number of aromatic nitrogens is 3. The molecule has 112 valence electrons. The topological polar surface area (TPSA) is 81.9 Å². The van der Waals surface area contributed by atoms with Crippen LogP contribution in [0.4, 0.5) is 0 Å². The highest BCUT2D eigenvalue weighted by atomic mass is 32.2. The van der Waals surface area contributed by atoms with E-state index in [1.54, 1.807) is 26.2 Å². The predicted molar refractivity (Wildman–Crippen MR) is 79.9 cm³/mol. The molecule has 0 radical (unpaired) electrons. The Labute approximate surface area is 123 Å². The number of hydrogen-bond donors (Lipinski definition) is 0. The molecule has 0 aliphatic carbocycles. The lowest BCUT2D eigenvalue weighted by atomic mass is 10.2. The molecule has 0 bridgehead atoms. The van der Waals surface area contributed by atoms with Crippen molar-refractivity contribution in [3.63, 3.8) is 0 Å². The van der Waals surface area contributed by atoms with Crippen LogP contribution in [-0.2, 0) is 23.3 Å². The van der Waals surface area contributed by atoms with Gasteiger partial charge in [0.05, 0.1) is 0 Å². The van der Waals surface area contributed by atoms with Crippen LogP contribution in [0.3, 0.4) is 0 Å². The molecule has 0 fully saturated rings. The standard InChI is InChI=1S/C14H17N3O3S/c1-5-10-7-15-12(16-13(10)21(4,19)20)11-6-9(2)14(18)17(3)8-11/h6-8H,5H2,1-4H3. The summed E-state index contributed by atoms with van der Waals surface area (Å²) < 4.78 is 25.1. The molecule has 0 N–H and O–H groups in total. The van der Waals surface area contributed by atoms with Gasteiger partial charge in [0.1, 0.15) is 0 Å². The Bertz CT molecular complexity index is 828. The Morgan fingerprint density at radius 2 is 2.00 bits per heavy atom. The summed E-state index contributed by atoms with van der Waals surface area (Å²) >= 11 is 0. The number of nitrogens with zero attached hydrogens (tertiary/aromatic N) is 3. The molecule has 21 heavy (non-hydrogen) atoms. The molecule has 2 heterocycles. The zero-order valence-electron chi connectivity index (χ0n) is 12.4. The maximum atomic E-state index is 11.8. The maximum Gasteiger partial charge on any atom is 0.253 e. The Morgan fingerprint density at radius 3 is 2.52 bits per heavy atom. The Hall–Kier alpha value is -2.02. The second kappa shape index (κ2) is 5.40. The average Bonchev–Trinajstić information content (AvgIpc) is 2.42. The minimum atomic E-state index is -3.42. The van der Waals surface area contributed by atoms with Crippen LogP contribution < -0.4 is 5.56 Å². The van der Waals surface area contributed by atoms with E-state index in [9.17, 15) is 13.2 Å². The third-order valence-corrected chi connectivity index (χ3v) is 4.23. The van der Waals surface area contributed by atoms with Crippen LogP contribution in [0.2, 0.25) is 0 Å². The van der Waals surface area contributed by atoms with Crippen molar-refractivity contribution in [1.29, 1.82) is 0 Å². The number of sulfone groups is 1. The molecule has 0 aliphatic rings. The summed E-state index contributed by atoms with van der Waals surface area (Å²) in [5.41, 5.74) is 1.65. The third-order valence-electron chi connectivity index (χ3n) is 3.18. The molecule has 0 spiro atoms. The quantitative estimate of drug-likeness (QED) is 0.794. The summed E-state index contributed by atoms with van der Waals surface area (Å²) in [5.74, 6) is 0.298. The van der Waals surface area contributed by atoms with Crippen molar-refractivity contribution >= 4 is 9.84 Å². The normalized spacial score (nSPS) is 11.6. The lowest BCUT2D eigenvalue weighted by molar-refractivity contribution is 0.596. The number of pyridine rings is 1. The van der Waals surface area contributed by atoms with Gasteiger partial charge in [-0.25, -0.2) is 18.4 Å². The van der Waals surface area contributed by atoms with Crippen molar-refractivity contribution in [2.24, 2.45) is 7.05 Å². The molecule has 0 saturated carbocycles. The van der Waals surface area contributed by atoms with Crippen LogP contribution in [0.1, 0.15) is 18.1 Å². The third kappa shape index (κ3) is 3.02. The Morgan fingerprint density at radius 1 is 1.33 bits per heavy atom. The van der Waals surface area contributed by atoms with Crippen LogP contribution in [0.15, 0.2) is 28.3 Å². The summed E-state index contributed by atoms with van der Waals surface area (Å²) in [6, 6.07) is 1.66. The first-order valence-electron chi connectivity index (χ1n) is 6.47. The van der Waals surface area contributed by atoms with Crippen molar-refractivity contribution in [3.05, 3.63) is 39.9 Å². The zero-order valence-corrected chi connectivity index (χ0v) is 13.2. The summed E-state index contributed by atoms with van der Waals surface area (Å²) in [6.07, 6.45) is 4.79. The van der Waals surface area contributed by atoms with Gasteiger partial charge in [-0.1, -0.05) is 6.92 Å². The van der Waals surface area contributed by atoms with Crippen LogP contribution in [-0.4, -0.2) is 29.2 Å². The summed E-state index contributed by atoms with van der Waals surface area (Å²) in [7, 11) is -1.79. The van der Waals surface area contributed by atoms with Gasteiger partial charge in [-0.15, -0.1) is 0 Å². The van der Waals surface area contributed by atoms with Crippen LogP contribution in [0.25, 0.3) is 11.4 Å². The predicted octanol–water partition coefficient (Wildman–Crippen LogP) is 1.12. The molecule has 7 heteroatoms. The molecule has 2 aromatic heterocycles. The minimum Gasteiger partial charge on any atom is -0.318 e. The van der Waals surface area contributed by atoms with E-state index in [0.717, 1.165) is 6.26 Å². The van der Waals surface area contributed by atoms with Gasteiger partial charge < -0.3 is 4.57 Å². The first-order valence-corrected chi connectivity index (χ1v) is 8.36. The highest BCUT2D eigenvalue weighted by Crippen LogP contribution is 2.19. The first-order chi connectivity index (χ1) is 9.74. The highest BCUT2D eigenvalue weighted by Gasteiger charge is 2.17. The van der Waals surface area contributed by atoms with E-state index in [0.29, 0.717) is 28.9 Å². The maximum absolute atomic E-state index is 11.8. The van der Waals surface area contributed by atoms with Crippen LogP contribution in [0.5, 0.6) is 0 Å². The van der Waals surface area contributed by atoms with Gasteiger partial charge in [0.2, 0.25) is 0 Å². The second-order valence-electron chi connectivity index (χ2n) is 4.98. The minimum absolute atomic E-state index is 0.0431. The van der Waals surface area contributed by atoms with E-state index in [4.69, 9.17) is 0 Å². The molecule has 2 aromatic rings. The Kier molecular flexibility index (Phi) is 3.95. The first kappa shape index (κ1) is 15.4.